The molecule has 1 saturated carbocycles. The maximum absolute atomic E-state index is 5.81. The van der Waals surface area contributed by atoms with Gasteiger partial charge in [-0.15, -0.1) is 0 Å². The van der Waals surface area contributed by atoms with Gasteiger partial charge in [-0.1, -0.05) is 12.8 Å². The minimum absolute atomic E-state index is 0.618. The van der Waals surface area contributed by atoms with Gasteiger partial charge in [0, 0.05) is 37.7 Å². The van der Waals surface area contributed by atoms with Gasteiger partial charge in [-0.05, 0) is 56.0 Å². The number of pyridine rings is 1. The molecule has 0 amide bonds. The van der Waals surface area contributed by atoms with Crippen molar-refractivity contribution in [3.63, 3.8) is 0 Å². The van der Waals surface area contributed by atoms with E-state index in [0.29, 0.717) is 19.2 Å². The van der Waals surface area contributed by atoms with Gasteiger partial charge in [0.05, 0.1) is 19.8 Å². The smallest absolute Gasteiger partial charge is 0.199 e. The predicted molar refractivity (Wildman–Crippen MR) is 108 cm³/mol. The van der Waals surface area contributed by atoms with Crippen molar-refractivity contribution in [3.05, 3.63) is 29.3 Å². The molecule has 146 valence electrons. The molecule has 0 aromatic carbocycles. The van der Waals surface area contributed by atoms with Crippen LogP contribution in [0.25, 0.3) is 11.4 Å². The van der Waals surface area contributed by atoms with Gasteiger partial charge in [0.15, 0.2) is 10.6 Å². The molecule has 1 aliphatic heterocycles. The molecule has 0 radical (unpaired) electrons. The van der Waals surface area contributed by atoms with Crippen molar-refractivity contribution >= 4 is 12.2 Å². The molecule has 6 nitrogen and oxygen atoms in total. The molecule has 2 aromatic rings. The van der Waals surface area contributed by atoms with E-state index in [9.17, 15) is 0 Å². The van der Waals surface area contributed by atoms with Gasteiger partial charge in [0.1, 0.15) is 0 Å². The molecule has 4 rings (SSSR count). The summed E-state index contributed by atoms with van der Waals surface area (Å²) in [5, 5.41) is 4.92. The fourth-order valence-corrected chi connectivity index (χ4v) is 4.98. The van der Waals surface area contributed by atoms with Crippen LogP contribution in [0.2, 0.25) is 0 Å². The number of piperidine rings is 1. The highest BCUT2D eigenvalue weighted by Crippen LogP contribution is 2.35. The zero-order chi connectivity index (χ0) is 18.6. The van der Waals surface area contributed by atoms with E-state index in [1.165, 1.54) is 38.5 Å². The van der Waals surface area contributed by atoms with E-state index in [2.05, 4.69) is 14.5 Å². The molecule has 3 heterocycles. The van der Waals surface area contributed by atoms with E-state index in [1.807, 2.05) is 16.8 Å². The normalized spacial score (nSPS) is 23.3. The third-order valence-electron chi connectivity index (χ3n) is 6.05. The van der Waals surface area contributed by atoms with Crippen molar-refractivity contribution in [1.82, 2.24) is 24.2 Å². The Hall–Kier alpha value is -1.57. The molecular weight excluding hydrogens is 358 g/mol. The number of hydrogen-bond acceptors (Lipinski definition) is 5. The van der Waals surface area contributed by atoms with Gasteiger partial charge in [-0.25, -0.2) is 4.68 Å². The van der Waals surface area contributed by atoms with E-state index in [0.717, 1.165) is 35.3 Å². The Balaban J connectivity index is 1.62. The minimum atomic E-state index is 0.618. The first kappa shape index (κ1) is 18.8. The van der Waals surface area contributed by atoms with E-state index in [1.54, 1.807) is 19.5 Å². The number of ether oxygens (including phenoxy) is 1. The molecular formula is C20H29N5OS. The van der Waals surface area contributed by atoms with Crippen molar-refractivity contribution in [1.29, 1.82) is 0 Å². The SMILES string of the molecule is COCCn1c(-c2ccncc2)nn(CN2CCC[C@H]3CCCC[C@@H]32)c1=S. The van der Waals surface area contributed by atoms with Crippen LogP contribution < -0.4 is 0 Å². The third kappa shape index (κ3) is 4.00. The zero-order valence-corrected chi connectivity index (χ0v) is 16.9. The Morgan fingerprint density at radius 1 is 1.15 bits per heavy atom. The monoisotopic (exact) mass is 387 g/mol. The Kier molecular flexibility index (Phi) is 6.00. The molecule has 27 heavy (non-hydrogen) atoms. The molecule has 1 aliphatic carbocycles. The number of nitrogens with zero attached hydrogens (tertiary/aromatic N) is 5. The molecule has 1 saturated heterocycles. The quantitative estimate of drug-likeness (QED) is 0.707. The Morgan fingerprint density at radius 2 is 1.93 bits per heavy atom. The largest absolute Gasteiger partial charge is 0.383 e. The molecule has 0 spiro atoms. The van der Waals surface area contributed by atoms with Gasteiger partial charge in [0.25, 0.3) is 0 Å². The molecule has 0 N–H and O–H groups in total. The lowest BCUT2D eigenvalue weighted by molar-refractivity contribution is 0.0323. The summed E-state index contributed by atoms with van der Waals surface area (Å²) < 4.78 is 10.2. The summed E-state index contributed by atoms with van der Waals surface area (Å²) in [5.41, 5.74) is 1.04. The molecule has 2 fully saturated rings. The van der Waals surface area contributed by atoms with Crippen LogP contribution in [0.4, 0.5) is 0 Å². The van der Waals surface area contributed by atoms with Crippen LogP contribution in [-0.2, 0) is 18.0 Å². The lowest BCUT2D eigenvalue weighted by Crippen LogP contribution is -2.47. The fourth-order valence-electron chi connectivity index (χ4n) is 4.71. The Bertz CT molecular complexity index is 800. The lowest BCUT2D eigenvalue weighted by Gasteiger charge is -2.43. The second-order valence-corrected chi connectivity index (χ2v) is 8.06. The first-order valence-electron chi connectivity index (χ1n) is 10.1. The summed E-state index contributed by atoms with van der Waals surface area (Å²) in [4.78, 5) is 6.75. The van der Waals surface area contributed by atoms with Crippen LogP contribution in [0, 0.1) is 10.7 Å². The summed E-state index contributed by atoms with van der Waals surface area (Å²) in [6.45, 7) is 3.27. The molecule has 0 bridgehead atoms. The molecule has 2 atom stereocenters. The number of methoxy groups -OCH3 is 1. The van der Waals surface area contributed by atoms with Crippen LogP contribution >= 0.6 is 12.2 Å². The van der Waals surface area contributed by atoms with Crippen molar-refractivity contribution in [2.24, 2.45) is 5.92 Å². The summed E-state index contributed by atoms with van der Waals surface area (Å²) in [6, 6.07) is 4.67. The number of rotatable bonds is 6. The van der Waals surface area contributed by atoms with Crippen LogP contribution in [0.5, 0.6) is 0 Å². The standard InChI is InChI=1S/C20H29N5OS/c1-26-14-13-24-19(17-8-10-21-11-9-17)22-25(20(24)27)15-23-12-4-6-16-5-2-3-7-18(16)23/h8-11,16,18H,2-7,12-15H2,1H3/t16-,18+/m1/s1. The van der Waals surface area contributed by atoms with E-state index < -0.39 is 0 Å². The summed E-state index contributed by atoms with van der Waals surface area (Å²) in [5.74, 6) is 1.76. The fraction of sp³-hybridized carbons (Fsp3) is 0.650. The van der Waals surface area contributed by atoms with E-state index in [-0.39, 0.29) is 0 Å². The third-order valence-corrected chi connectivity index (χ3v) is 6.49. The van der Waals surface area contributed by atoms with Crippen LogP contribution in [0.1, 0.15) is 38.5 Å². The second kappa shape index (κ2) is 8.63. The Morgan fingerprint density at radius 3 is 2.74 bits per heavy atom. The zero-order valence-electron chi connectivity index (χ0n) is 16.1. The molecule has 2 aliphatic rings. The highest BCUT2D eigenvalue weighted by atomic mass is 32.1. The number of fused-ring (bicyclic) bond motifs is 1. The molecule has 7 heteroatoms. The lowest BCUT2D eigenvalue weighted by atomic mass is 9.78. The van der Waals surface area contributed by atoms with Gasteiger partial charge >= 0.3 is 0 Å². The van der Waals surface area contributed by atoms with E-state index in [4.69, 9.17) is 22.1 Å². The van der Waals surface area contributed by atoms with Gasteiger partial charge in [-0.3, -0.25) is 14.5 Å². The maximum Gasteiger partial charge on any atom is 0.199 e. The average molecular weight is 388 g/mol. The molecule has 0 unspecified atom stereocenters. The topological polar surface area (TPSA) is 48.1 Å². The summed E-state index contributed by atoms with van der Waals surface area (Å²) >= 11 is 5.81. The number of hydrogen-bond donors (Lipinski definition) is 0. The number of likely N-dealkylation sites (tertiary alicyclic amines) is 1. The summed E-state index contributed by atoms with van der Waals surface area (Å²) in [7, 11) is 1.72. The first-order valence-corrected chi connectivity index (χ1v) is 10.5. The van der Waals surface area contributed by atoms with Crippen molar-refractivity contribution in [3.8, 4) is 11.4 Å². The second-order valence-electron chi connectivity index (χ2n) is 7.69. The van der Waals surface area contributed by atoms with Gasteiger partial charge in [0.2, 0.25) is 0 Å². The van der Waals surface area contributed by atoms with E-state index >= 15 is 0 Å². The van der Waals surface area contributed by atoms with Gasteiger partial charge in [-0.2, -0.15) is 5.10 Å². The molecule has 2 aromatic heterocycles. The number of aromatic nitrogens is 4. The van der Waals surface area contributed by atoms with Crippen molar-refractivity contribution in [2.75, 3.05) is 20.3 Å². The minimum Gasteiger partial charge on any atom is -0.383 e. The first-order chi connectivity index (χ1) is 13.3. The predicted octanol–water partition coefficient (Wildman–Crippen LogP) is 3.73. The maximum atomic E-state index is 5.81. The Labute approximate surface area is 166 Å². The average Bonchev–Trinajstić information content (AvgIpc) is 3.03. The van der Waals surface area contributed by atoms with Crippen molar-refractivity contribution < 1.29 is 4.74 Å². The van der Waals surface area contributed by atoms with Crippen molar-refractivity contribution in [2.45, 2.75) is 57.8 Å². The van der Waals surface area contributed by atoms with Crippen LogP contribution in [0.3, 0.4) is 0 Å². The van der Waals surface area contributed by atoms with Crippen LogP contribution in [0.15, 0.2) is 24.5 Å². The van der Waals surface area contributed by atoms with Crippen LogP contribution in [-0.4, -0.2) is 50.5 Å². The highest BCUT2D eigenvalue weighted by Gasteiger charge is 2.33. The van der Waals surface area contributed by atoms with Gasteiger partial charge < -0.3 is 4.74 Å². The highest BCUT2D eigenvalue weighted by molar-refractivity contribution is 7.71. The summed E-state index contributed by atoms with van der Waals surface area (Å²) in [6.07, 6.45) is 11.7.